The normalized spacial score (nSPS) is 17.0. The van der Waals surface area contributed by atoms with Crippen molar-refractivity contribution in [1.82, 2.24) is 9.27 Å². The van der Waals surface area contributed by atoms with Gasteiger partial charge < -0.3 is 19.3 Å². The molecule has 214 valence electrons. The van der Waals surface area contributed by atoms with Gasteiger partial charge in [-0.3, -0.25) is 9.69 Å². The van der Waals surface area contributed by atoms with Crippen molar-refractivity contribution in [2.75, 3.05) is 63.3 Å². The van der Waals surface area contributed by atoms with Crippen LogP contribution in [0.5, 0.6) is 11.5 Å². The Labute approximate surface area is 246 Å². The van der Waals surface area contributed by atoms with E-state index in [4.69, 9.17) is 13.8 Å². The van der Waals surface area contributed by atoms with Crippen LogP contribution in [0.15, 0.2) is 60.7 Å². The summed E-state index contributed by atoms with van der Waals surface area (Å²) >= 11 is 1.58. The minimum atomic E-state index is -0.0472. The van der Waals surface area contributed by atoms with E-state index in [0.717, 1.165) is 57.1 Å². The monoisotopic (exact) mass is 570 g/mol. The molecule has 1 fully saturated rings. The van der Waals surface area contributed by atoms with E-state index >= 15 is 0 Å². The maximum absolute atomic E-state index is 14.1. The van der Waals surface area contributed by atoms with Crippen molar-refractivity contribution in [2.45, 2.75) is 32.1 Å². The molecule has 0 bridgehead atoms. The number of hydrogen-bond acceptors (Lipinski definition) is 7. The van der Waals surface area contributed by atoms with Gasteiger partial charge in [0, 0.05) is 44.7 Å². The van der Waals surface area contributed by atoms with Crippen LogP contribution in [0, 0.1) is 0 Å². The van der Waals surface area contributed by atoms with Gasteiger partial charge in [-0.2, -0.15) is 4.37 Å². The third-order valence-corrected chi connectivity index (χ3v) is 9.51. The maximum Gasteiger partial charge on any atom is 0.262 e. The number of hydrogen-bond donors (Lipinski definition) is 0. The minimum Gasteiger partial charge on any atom is -0.497 e. The van der Waals surface area contributed by atoms with E-state index in [1.807, 2.05) is 11.0 Å². The van der Waals surface area contributed by atoms with Gasteiger partial charge in [-0.25, -0.2) is 0 Å². The standard InChI is InChI=1S/C33H38N4O3S/c1-33(2)15-17-37(32(38)26-22-24(39-3)12-13-28(26)40-4)30-23(8-7-10-27(30)33)14-16-35-18-20-36(21-19-35)31-25-9-5-6-11-29(25)41-34-31/h5-13,22H,14-21H2,1-4H3. The summed E-state index contributed by atoms with van der Waals surface area (Å²) in [5, 5.41) is 1.25. The van der Waals surface area contributed by atoms with Crippen LogP contribution < -0.4 is 19.3 Å². The summed E-state index contributed by atoms with van der Waals surface area (Å²) in [6.45, 7) is 10.1. The molecule has 1 saturated heterocycles. The number of fused-ring (bicyclic) bond motifs is 2. The first-order chi connectivity index (χ1) is 19.9. The highest BCUT2D eigenvalue weighted by Crippen LogP contribution is 2.43. The minimum absolute atomic E-state index is 0.0114. The molecule has 7 nitrogen and oxygen atoms in total. The Bertz CT molecular complexity index is 1560. The average molecular weight is 571 g/mol. The van der Waals surface area contributed by atoms with E-state index in [1.54, 1.807) is 37.9 Å². The van der Waals surface area contributed by atoms with Crippen LogP contribution in [0.1, 0.15) is 41.8 Å². The first-order valence-corrected chi connectivity index (χ1v) is 15.1. The summed E-state index contributed by atoms with van der Waals surface area (Å²) in [6.07, 6.45) is 1.78. The second kappa shape index (κ2) is 11.3. The van der Waals surface area contributed by atoms with Crippen molar-refractivity contribution in [3.63, 3.8) is 0 Å². The molecule has 0 radical (unpaired) electrons. The zero-order chi connectivity index (χ0) is 28.6. The summed E-state index contributed by atoms with van der Waals surface area (Å²) in [6, 6.07) is 20.5. The largest absolute Gasteiger partial charge is 0.497 e. The first kappa shape index (κ1) is 27.5. The Hall–Kier alpha value is -3.62. The molecule has 1 amide bonds. The molecule has 1 aromatic heterocycles. The number of piperazine rings is 1. The van der Waals surface area contributed by atoms with Crippen LogP contribution in [0.2, 0.25) is 0 Å². The van der Waals surface area contributed by atoms with Gasteiger partial charge >= 0.3 is 0 Å². The Kier molecular flexibility index (Phi) is 7.62. The molecule has 4 aromatic rings. The van der Waals surface area contributed by atoms with Crippen LogP contribution in [-0.2, 0) is 11.8 Å². The molecule has 3 heterocycles. The Morgan fingerprint density at radius 1 is 0.951 bits per heavy atom. The van der Waals surface area contributed by atoms with Gasteiger partial charge in [0.05, 0.1) is 30.2 Å². The number of rotatable bonds is 7. The number of anilines is 2. The molecule has 6 rings (SSSR count). The van der Waals surface area contributed by atoms with Gasteiger partial charge in [0.2, 0.25) is 0 Å². The summed E-state index contributed by atoms with van der Waals surface area (Å²) in [7, 11) is 3.22. The lowest BCUT2D eigenvalue weighted by atomic mass is 9.76. The predicted octanol–water partition coefficient (Wildman–Crippen LogP) is 6.01. The van der Waals surface area contributed by atoms with Gasteiger partial charge in [-0.15, -0.1) is 0 Å². The second-order valence-corrected chi connectivity index (χ2v) is 12.4. The number of para-hydroxylation sites is 1. The number of nitrogens with zero attached hydrogens (tertiary/aromatic N) is 4. The van der Waals surface area contributed by atoms with Gasteiger partial charge in [0.1, 0.15) is 17.3 Å². The van der Waals surface area contributed by atoms with E-state index in [2.05, 4.69) is 66.1 Å². The number of carbonyl (C=O) groups is 1. The highest BCUT2D eigenvalue weighted by Gasteiger charge is 2.36. The van der Waals surface area contributed by atoms with Gasteiger partial charge in [-0.1, -0.05) is 44.2 Å². The molecule has 0 saturated carbocycles. The summed E-state index contributed by atoms with van der Waals surface area (Å²) < 4.78 is 17.0. The molecule has 2 aliphatic rings. The number of carbonyl (C=O) groups excluding carboxylic acids is 1. The van der Waals surface area contributed by atoms with Crippen molar-refractivity contribution in [3.05, 3.63) is 77.4 Å². The Morgan fingerprint density at radius 2 is 1.76 bits per heavy atom. The topological polar surface area (TPSA) is 58.1 Å². The smallest absolute Gasteiger partial charge is 0.262 e. The Morgan fingerprint density at radius 3 is 2.54 bits per heavy atom. The van der Waals surface area contributed by atoms with Crippen LogP contribution in [0.4, 0.5) is 11.5 Å². The number of benzene rings is 3. The van der Waals surface area contributed by atoms with E-state index in [1.165, 1.54) is 21.2 Å². The van der Waals surface area contributed by atoms with Gasteiger partial charge in [0.15, 0.2) is 0 Å². The van der Waals surface area contributed by atoms with E-state index < -0.39 is 0 Å². The Balaban J connectivity index is 1.21. The molecule has 0 N–H and O–H groups in total. The number of ether oxygens (including phenoxy) is 2. The van der Waals surface area contributed by atoms with Crippen molar-refractivity contribution in [1.29, 1.82) is 0 Å². The lowest BCUT2D eigenvalue weighted by molar-refractivity contribution is 0.0979. The van der Waals surface area contributed by atoms with E-state index in [9.17, 15) is 4.79 Å². The van der Waals surface area contributed by atoms with Crippen LogP contribution in [0.3, 0.4) is 0 Å². The average Bonchev–Trinajstić information content (AvgIpc) is 3.44. The zero-order valence-corrected chi connectivity index (χ0v) is 25.2. The maximum atomic E-state index is 14.1. The molecule has 41 heavy (non-hydrogen) atoms. The van der Waals surface area contributed by atoms with E-state index in [-0.39, 0.29) is 11.3 Å². The molecule has 0 spiro atoms. The number of amides is 1. The molecule has 0 aliphatic carbocycles. The second-order valence-electron chi connectivity index (χ2n) is 11.6. The fraction of sp³-hybridized carbons (Fsp3) is 0.394. The fourth-order valence-corrected chi connectivity index (χ4v) is 6.98. The van der Waals surface area contributed by atoms with Crippen LogP contribution in [-0.4, -0.2) is 68.7 Å². The van der Waals surface area contributed by atoms with Crippen molar-refractivity contribution in [3.8, 4) is 11.5 Å². The molecular weight excluding hydrogens is 532 g/mol. The quantitative estimate of drug-likeness (QED) is 0.271. The third-order valence-electron chi connectivity index (χ3n) is 8.69. The van der Waals surface area contributed by atoms with Crippen LogP contribution >= 0.6 is 11.5 Å². The van der Waals surface area contributed by atoms with Crippen molar-refractivity contribution >= 4 is 39.0 Å². The number of methoxy groups -OCH3 is 2. The van der Waals surface area contributed by atoms with Gasteiger partial charge in [-0.05, 0) is 71.2 Å². The van der Waals surface area contributed by atoms with Crippen LogP contribution in [0.25, 0.3) is 10.1 Å². The van der Waals surface area contributed by atoms with Gasteiger partial charge in [0.25, 0.3) is 5.91 Å². The summed E-state index contributed by atoms with van der Waals surface area (Å²) in [4.78, 5) is 21.0. The molecule has 0 unspecified atom stereocenters. The molecule has 0 atom stereocenters. The fourth-order valence-electron chi connectivity index (χ4n) is 6.19. The van der Waals surface area contributed by atoms with E-state index in [0.29, 0.717) is 23.6 Å². The zero-order valence-electron chi connectivity index (χ0n) is 24.4. The molecule has 8 heteroatoms. The van der Waals surface area contributed by atoms with Crippen molar-refractivity contribution in [2.24, 2.45) is 0 Å². The number of aromatic nitrogens is 1. The highest BCUT2D eigenvalue weighted by atomic mass is 32.1. The highest BCUT2D eigenvalue weighted by molar-refractivity contribution is 7.13. The third kappa shape index (κ3) is 5.26. The summed E-state index contributed by atoms with van der Waals surface area (Å²) in [5.74, 6) is 2.27. The lowest BCUT2D eigenvalue weighted by Crippen LogP contribution is -2.47. The first-order valence-electron chi connectivity index (χ1n) is 14.4. The predicted molar refractivity (Wildman–Crippen MR) is 167 cm³/mol. The SMILES string of the molecule is COc1ccc(OC)c(C(=O)N2CCC(C)(C)c3cccc(CCN4CCN(c5nsc6ccccc56)CC4)c32)c1. The van der Waals surface area contributed by atoms with Crippen molar-refractivity contribution < 1.29 is 14.3 Å². The molecular formula is C33H38N4O3S. The lowest BCUT2D eigenvalue weighted by Gasteiger charge is -2.41. The summed E-state index contributed by atoms with van der Waals surface area (Å²) in [5.41, 5.74) is 4.03. The molecule has 3 aromatic carbocycles. The molecule has 2 aliphatic heterocycles.